The standard InChI is InChI=1S/C13H13F5N2O/c1-2-3-20(6-4-19-5-6)13(21)7-8(14)10(16)12(18)11(17)9(7)15/h6,19H,2-5H2,1H3. The summed E-state index contributed by atoms with van der Waals surface area (Å²) in [5.41, 5.74) is -1.40. The maximum Gasteiger partial charge on any atom is 0.260 e. The lowest BCUT2D eigenvalue weighted by atomic mass is 10.1. The lowest BCUT2D eigenvalue weighted by Crippen LogP contribution is -2.59. The van der Waals surface area contributed by atoms with E-state index in [1.165, 1.54) is 0 Å². The number of nitrogens with one attached hydrogen (secondary N) is 1. The molecular weight excluding hydrogens is 295 g/mol. The van der Waals surface area contributed by atoms with Crippen molar-refractivity contribution in [1.82, 2.24) is 10.2 Å². The van der Waals surface area contributed by atoms with Crippen LogP contribution in [-0.4, -0.2) is 36.5 Å². The highest BCUT2D eigenvalue weighted by Gasteiger charge is 2.35. The van der Waals surface area contributed by atoms with E-state index in [0.717, 1.165) is 4.90 Å². The van der Waals surface area contributed by atoms with Crippen LogP contribution < -0.4 is 5.32 Å². The van der Waals surface area contributed by atoms with Gasteiger partial charge >= 0.3 is 0 Å². The molecular formula is C13H13F5N2O. The third-order valence-corrected chi connectivity index (χ3v) is 3.35. The minimum Gasteiger partial charge on any atom is -0.333 e. The van der Waals surface area contributed by atoms with Gasteiger partial charge in [0.05, 0.1) is 6.04 Å². The lowest BCUT2D eigenvalue weighted by molar-refractivity contribution is 0.0602. The topological polar surface area (TPSA) is 32.3 Å². The van der Waals surface area contributed by atoms with Crippen LogP contribution in [0.5, 0.6) is 0 Å². The van der Waals surface area contributed by atoms with Crippen molar-refractivity contribution in [2.24, 2.45) is 0 Å². The highest BCUT2D eigenvalue weighted by Crippen LogP contribution is 2.25. The van der Waals surface area contributed by atoms with Gasteiger partial charge in [-0.05, 0) is 6.42 Å². The number of hydrogen-bond acceptors (Lipinski definition) is 2. The third-order valence-electron chi connectivity index (χ3n) is 3.35. The van der Waals surface area contributed by atoms with E-state index in [1.54, 1.807) is 6.92 Å². The second kappa shape index (κ2) is 5.97. The van der Waals surface area contributed by atoms with Crippen LogP contribution in [0.3, 0.4) is 0 Å². The van der Waals surface area contributed by atoms with Gasteiger partial charge in [-0.25, -0.2) is 22.0 Å². The van der Waals surface area contributed by atoms with Gasteiger partial charge in [-0.15, -0.1) is 0 Å². The second-order valence-corrected chi connectivity index (χ2v) is 4.76. The molecule has 0 aromatic heterocycles. The Labute approximate surface area is 117 Å². The largest absolute Gasteiger partial charge is 0.333 e. The predicted octanol–water partition coefficient (Wildman–Crippen LogP) is 2.21. The lowest BCUT2D eigenvalue weighted by Gasteiger charge is -2.38. The van der Waals surface area contributed by atoms with Gasteiger partial charge in [-0.3, -0.25) is 4.79 Å². The Morgan fingerprint density at radius 2 is 1.52 bits per heavy atom. The molecule has 0 spiro atoms. The normalized spacial score (nSPS) is 15.0. The van der Waals surface area contributed by atoms with E-state index in [0.29, 0.717) is 19.5 Å². The van der Waals surface area contributed by atoms with Crippen molar-refractivity contribution in [2.45, 2.75) is 19.4 Å². The Kier molecular flexibility index (Phi) is 4.46. The van der Waals surface area contributed by atoms with Crippen LogP contribution >= 0.6 is 0 Å². The molecule has 1 heterocycles. The average Bonchev–Trinajstić information content (AvgIpc) is 2.40. The van der Waals surface area contributed by atoms with Crippen LogP contribution in [0, 0.1) is 29.1 Å². The maximum absolute atomic E-state index is 13.7. The number of halogens is 5. The molecule has 0 bridgehead atoms. The molecule has 116 valence electrons. The van der Waals surface area contributed by atoms with Crippen LogP contribution in [0.4, 0.5) is 22.0 Å². The molecule has 1 aliphatic rings. The quantitative estimate of drug-likeness (QED) is 0.525. The smallest absolute Gasteiger partial charge is 0.260 e. The fourth-order valence-corrected chi connectivity index (χ4v) is 2.12. The molecule has 0 aliphatic carbocycles. The second-order valence-electron chi connectivity index (χ2n) is 4.76. The first-order valence-electron chi connectivity index (χ1n) is 6.43. The molecule has 1 fully saturated rings. The van der Waals surface area contributed by atoms with Crippen molar-refractivity contribution in [1.29, 1.82) is 0 Å². The van der Waals surface area contributed by atoms with E-state index >= 15 is 0 Å². The van der Waals surface area contributed by atoms with E-state index in [4.69, 9.17) is 0 Å². The summed E-state index contributed by atoms with van der Waals surface area (Å²) in [4.78, 5) is 13.3. The van der Waals surface area contributed by atoms with Gasteiger partial charge in [0.1, 0.15) is 5.56 Å². The van der Waals surface area contributed by atoms with Crippen LogP contribution in [-0.2, 0) is 0 Å². The summed E-state index contributed by atoms with van der Waals surface area (Å²) in [5.74, 6) is -11.9. The van der Waals surface area contributed by atoms with Gasteiger partial charge in [0.25, 0.3) is 5.91 Å². The molecule has 1 saturated heterocycles. The SMILES string of the molecule is CCCN(C(=O)c1c(F)c(F)c(F)c(F)c1F)C1CNC1. The molecule has 1 aliphatic heterocycles. The van der Waals surface area contributed by atoms with E-state index in [9.17, 15) is 26.7 Å². The molecule has 1 aromatic rings. The van der Waals surface area contributed by atoms with Crippen molar-refractivity contribution in [3.63, 3.8) is 0 Å². The average molecular weight is 308 g/mol. The number of benzene rings is 1. The van der Waals surface area contributed by atoms with Crippen LogP contribution in [0.25, 0.3) is 0 Å². The minimum atomic E-state index is -2.27. The van der Waals surface area contributed by atoms with Crippen molar-refractivity contribution >= 4 is 5.91 Å². The van der Waals surface area contributed by atoms with Crippen LogP contribution in [0.15, 0.2) is 0 Å². The molecule has 1 amide bonds. The minimum absolute atomic E-state index is 0.171. The Hall–Kier alpha value is -1.70. The maximum atomic E-state index is 13.7. The summed E-state index contributed by atoms with van der Waals surface area (Å²) >= 11 is 0. The first-order chi connectivity index (χ1) is 9.90. The number of carbonyl (C=O) groups is 1. The number of amides is 1. The van der Waals surface area contributed by atoms with Gasteiger partial charge in [0.2, 0.25) is 5.82 Å². The van der Waals surface area contributed by atoms with Crippen molar-refractivity contribution < 1.29 is 26.7 Å². The molecule has 3 nitrogen and oxygen atoms in total. The van der Waals surface area contributed by atoms with Crippen molar-refractivity contribution in [2.75, 3.05) is 19.6 Å². The Morgan fingerprint density at radius 3 is 1.90 bits per heavy atom. The number of hydrogen-bond donors (Lipinski definition) is 1. The van der Waals surface area contributed by atoms with Crippen molar-refractivity contribution in [3.8, 4) is 0 Å². The predicted molar refractivity (Wildman–Crippen MR) is 64.2 cm³/mol. The molecule has 1 N–H and O–H groups in total. The zero-order valence-corrected chi connectivity index (χ0v) is 11.2. The Balaban J connectivity index is 2.46. The first-order valence-corrected chi connectivity index (χ1v) is 6.43. The van der Waals surface area contributed by atoms with Gasteiger partial charge in [-0.2, -0.15) is 0 Å². The summed E-state index contributed by atoms with van der Waals surface area (Å²) in [6.07, 6.45) is 0.498. The molecule has 1 aromatic carbocycles. The Morgan fingerprint density at radius 1 is 1.05 bits per heavy atom. The fraction of sp³-hybridized carbons (Fsp3) is 0.462. The van der Waals surface area contributed by atoms with E-state index in [2.05, 4.69) is 5.32 Å². The molecule has 0 saturated carbocycles. The highest BCUT2D eigenvalue weighted by molar-refractivity contribution is 5.95. The van der Waals surface area contributed by atoms with E-state index in [1.807, 2.05) is 0 Å². The summed E-state index contributed by atoms with van der Waals surface area (Å²) in [7, 11) is 0. The van der Waals surface area contributed by atoms with Crippen molar-refractivity contribution in [3.05, 3.63) is 34.6 Å². The van der Waals surface area contributed by atoms with Gasteiger partial charge in [0, 0.05) is 19.6 Å². The summed E-state index contributed by atoms with van der Waals surface area (Å²) in [5, 5.41) is 2.88. The fourth-order valence-electron chi connectivity index (χ4n) is 2.12. The monoisotopic (exact) mass is 308 g/mol. The third kappa shape index (κ3) is 2.59. The number of carbonyl (C=O) groups excluding carboxylic acids is 1. The Bertz CT molecular complexity index is 545. The van der Waals surface area contributed by atoms with Crippen LogP contribution in [0.2, 0.25) is 0 Å². The van der Waals surface area contributed by atoms with Crippen LogP contribution in [0.1, 0.15) is 23.7 Å². The zero-order valence-electron chi connectivity index (χ0n) is 11.2. The molecule has 21 heavy (non-hydrogen) atoms. The molecule has 0 atom stereocenters. The van der Waals surface area contributed by atoms with E-state index in [-0.39, 0.29) is 12.6 Å². The number of nitrogens with zero attached hydrogens (tertiary/aromatic N) is 1. The summed E-state index contributed by atoms with van der Waals surface area (Å²) in [6.45, 7) is 2.75. The van der Waals surface area contributed by atoms with E-state index < -0.39 is 40.6 Å². The molecule has 2 rings (SSSR count). The highest BCUT2D eigenvalue weighted by atomic mass is 19.2. The van der Waals surface area contributed by atoms with Gasteiger partial charge in [-0.1, -0.05) is 6.92 Å². The molecule has 8 heteroatoms. The molecule has 0 radical (unpaired) electrons. The summed E-state index contributed by atoms with van der Waals surface area (Å²) in [6, 6.07) is -0.313. The first kappa shape index (κ1) is 15.7. The summed E-state index contributed by atoms with van der Waals surface area (Å²) < 4.78 is 66.6. The molecule has 0 unspecified atom stereocenters. The van der Waals surface area contributed by atoms with Gasteiger partial charge < -0.3 is 10.2 Å². The zero-order chi connectivity index (χ0) is 15.7. The van der Waals surface area contributed by atoms with Gasteiger partial charge in [0.15, 0.2) is 23.3 Å². The number of rotatable bonds is 4.